The summed E-state index contributed by atoms with van der Waals surface area (Å²) in [5.74, 6) is 2.24. The van der Waals surface area contributed by atoms with Gasteiger partial charge in [0.1, 0.15) is 0 Å². The Kier molecular flexibility index (Phi) is 6.90. The van der Waals surface area contributed by atoms with E-state index in [0.717, 1.165) is 51.6 Å². The third kappa shape index (κ3) is 5.91. The predicted octanol–water partition coefficient (Wildman–Crippen LogP) is 2.56. The SMILES string of the molecule is CCNC(=NCC1(C)CCCS1)NCCC1=CCOCC1. The largest absolute Gasteiger partial charge is 0.377 e. The molecule has 2 heterocycles. The molecule has 120 valence electrons. The van der Waals surface area contributed by atoms with Crippen molar-refractivity contribution >= 4 is 17.7 Å². The van der Waals surface area contributed by atoms with Crippen LogP contribution in [0.3, 0.4) is 0 Å². The molecule has 2 aliphatic heterocycles. The van der Waals surface area contributed by atoms with Gasteiger partial charge in [-0.3, -0.25) is 4.99 Å². The van der Waals surface area contributed by atoms with E-state index >= 15 is 0 Å². The van der Waals surface area contributed by atoms with E-state index in [1.54, 1.807) is 0 Å². The Bertz CT molecular complexity index is 376. The van der Waals surface area contributed by atoms with Gasteiger partial charge in [0.25, 0.3) is 0 Å². The highest BCUT2D eigenvalue weighted by Crippen LogP contribution is 2.37. The van der Waals surface area contributed by atoms with Gasteiger partial charge in [0.2, 0.25) is 0 Å². The third-order valence-corrected chi connectivity index (χ3v) is 5.54. The fraction of sp³-hybridized carbons (Fsp3) is 0.812. The molecule has 2 rings (SSSR count). The fourth-order valence-electron chi connectivity index (χ4n) is 2.68. The van der Waals surface area contributed by atoms with E-state index in [1.165, 1.54) is 24.2 Å². The van der Waals surface area contributed by atoms with Crippen molar-refractivity contribution in [3.8, 4) is 0 Å². The zero-order valence-electron chi connectivity index (χ0n) is 13.4. The van der Waals surface area contributed by atoms with Gasteiger partial charge in [-0.25, -0.2) is 0 Å². The normalized spacial score (nSPS) is 26.6. The van der Waals surface area contributed by atoms with E-state index in [-0.39, 0.29) is 0 Å². The zero-order chi connectivity index (χ0) is 15.0. The summed E-state index contributed by atoms with van der Waals surface area (Å²) in [4.78, 5) is 4.78. The Morgan fingerprint density at radius 2 is 2.38 bits per heavy atom. The van der Waals surface area contributed by atoms with E-state index in [9.17, 15) is 0 Å². The molecule has 4 nitrogen and oxygen atoms in total. The molecule has 0 radical (unpaired) electrons. The highest BCUT2D eigenvalue weighted by Gasteiger charge is 2.29. The average molecular weight is 311 g/mol. The maximum absolute atomic E-state index is 5.34. The summed E-state index contributed by atoms with van der Waals surface area (Å²) in [7, 11) is 0. The van der Waals surface area contributed by atoms with Crippen molar-refractivity contribution in [3.05, 3.63) is 11.6 Å². The molecular formula is C16H29N3OS. The number of guanidine groups is 1. The van der Waals surface area contributed by atoms with Crippen molar-refractivity contribution in [2.24, 2.45) is 4.99 Å². The molecule has 5 heteroatoms. The maximum atomic E-state index is 5.34. The number of thioether (sulfide) groups is 1. The molecule has 0 amide bonds. The van der Waals surface area contributed by atoms with Gasteiger partial charge < -0.3 is 15.4 Å². The number of ether oxygens (including phenoxy) is 1. The van der Waals surface area contributed by atoms with Crippen molar-refractivity contribution in [1.29, 1.82) is 0 Å². The molecule has 1 atom stereocenters. The predicted molar refractivity (Wildman–Crippen MR) is 92.2 cm³/mol. The second-order valence-corrected chi connectivity index (χ2v) is 7.64. The van der Waals surface area contributed by atoms with Crippen molar-refractivity contribution in [2.45, 2.75) is 44.3 Å². The van der Waals surface area contributed by atoms with Gasteiger partial charge in [-0.15, -0.1) is 0 Å². The smallest absolute Gasteiger partial charge is 0.191 e. The first-order valence-electron chi connectivity index (χ1n) is 8.14. The van der Waals surface area contributed by atoms with E-state index in [0.29, 0.717) is 4.75 Å². The highest BCUT2D eigenvalue weighted by atomic mass is 32.2. The summed E-state index contributed by atoms with van der Waals surface area (Å²) < 4.78 is 5.68. The number of aliphatic imine (C=N–C) groups is 1. The Labute approximate surface area is 133 Å². The Morgan fingerprint density at radius 1 is 1.48 bits per heavy atom. The lowest BCUT2D eigenvalue weighted by Gasteiger charge is -2.21. The summed E-state index contributed by atoms with van der Waals surface area (Å²) in [5.41, 5.74) is 1.50. The quantitative estimate of drug-likeness (QED) is 0.449. The number of nitrogens with zero attached hydrogens (tertiary/aromatic N) is 1. The minimum Gasteiger partial charge on any atom is -0.377 e. The molecule has 0 spiro atoms. The van der Waals surface area contributed by atoms with Crippen molar-refractivity contribution in [2.75, 3.05) is 38.6 Å². The molecule has 1 unspecified atom stereocenters. The van der Waals surface area contributed by atoms with E-state index in [4.69, 9.17) is 9.73 Å². The van der Waals surface area contributed by atoms with Gasteiger partial charge in [0.15, 0.2) is 5.96 Å². The van der Waals surface area contributed by atoms with Crippen LogP contribution in [0.5, 0.6) is 0 Å². The molecular weight excluding hydrogens is 282 g/mol. The van der Waals surface area contributed by atoms with Gasteiger partial charge >= 0.3 is 0 Å². The van der Waals surface area contributed by atoms with Gasteiger partial charge in [0.05, 0.1) is 19.8 Å². The summed E-state index contributed by atoms with van der Waals surface area (Å²) >= 11 is 2.07. The van der Waals surface area contributed by atoms with E-state index < -0.39 is 0 Å². The first-order valence-corrected chi connectivity index (χ1v) is 9.12. The van der Waals surface area contributed by atoms with Crippen molar-refractivity contribution in [3.63, 3.8) is 0 Å². The Balaban J connectivity index is 1.76. The van der Waals surface area contributed by atoms with Crippen molar-refractivity contribution < 1.29 is 4.74 Å². The number of rotatable bonds is 6. The fourth-order valence-corrected chi connectivity index (χ4v) is 3.91. The summed E-state index contributed by atoms with van der Waals surface area (Å²) in [6, 6.07) is 0. The standard InChI is InChI=1S/C16H29N3OS/c1-3-17-15(19-13-16(2)8-4-12-21-16)18-9-5-14-6-10-20-11-7-14/h6H,3-5,7-13H2,1-2H3,(H2,17,18,19). The molecule has 0 saturated carbocycles. The van der Waals surface area contributed by atoms with Crippen LogP contribution in [-0.2, 0) is 4.74 Å². The molecule has 0 aliphatic carbocycles. The van der Waals surface area contributed by atoms with Gasteiger partial charge in [0, 0.05) is 17.8 Å². The van der Waals surface area contributed by atoms with Gasteiger partial charge in [-0.1, -0.05) is 11.6 Å². The van der Waals surface area contributed by atoms with Crippen LogP contribution < -0.4 is 10.6 Å². The van der Waals surface area contributed by atoms with Crippen LogP contribution in [0.4, 0.5) is 0 Å². The van der Waals surface area contributed by atoms with Crippen LogP contribution in [0.2, 0.25) is 0 Å². The van der Waals surface area contributed by atoms with Crippen LogP contribution in [0.1, 0.15) is 39.5 Å². The maximum Gasteiger partial charge on any atom is 0.191 e. The van der Waals surface area contributed by atoms with E-state index in [2.05, 4.69) is 42.3 Å². The first-order chi connectivity index (χ1) is 10.2. The topological polar surface area (TPSA) is 45.7 Å². The molecule has 2 N–H and O–H groups in total. The molecule has 1 saturated heterocycles. The van der Waals surface area contributed by atoms with Crippen LogP contribution in [0.15, 0.2) is 16.6 Å². The molecule has 0 aromatic rings. The molecule has 0 aromatic heterocycles. The lowest BCUT2D eigenvalue weighted by Crippen LogP contribution is -2.39. The van der Waals surface area contributed by atoms with Crippen molar-refractivity contribution in [1.82, 2.24) is 10.6 Å². The minimum atomic E-state index is 0.339. The monoisotopic (exact) mass is 311 g/mol. The second-order valence-electron chi connectivity index (χ2n) is 5.96. The molecule has 0 bridgehead atoms. The van der Waals surface area contributed by atoms with Gasteiger partial charge in [-0.05, 0) is 45.3 Å². The summed E-state index contributed by atoms with van der Waals surface area (Å²) in [5, 5.41) is 6.80. The van der Waals surface area contributed by atoms with Gasteiger partial charge in [-0.2, -0.15) is 11.8 Å². The third-order valence-electron chi connectivity index (χ3n) is 4.01. The molecule has 2 aliphatic rings. The highest BCUT2D eigenvalue weighted by molar-refractivity contribution is 8.00. The lowest BCUT2D eigenvalue weighted by atomic mass is 10.1. The zero-order valence-corrected chi connectivity index (χ0v) is 14.2. The first kappa shape index (κ1) is 16.7. The summed E-state index contributed by atoms with van der Waals surface area (Å²) in [6.07, 6.45) is 6.99. The number of hydrogen-bond donors (Lipinski definition) is 2. The number of hydrogen-bond acceptors (Lipinski definition) is 3. The molecule has 0 aromatic carbocycles. The van der Waals surface area contributed by atoms with Crippen LogP contribution >= 0.6 is 11.8 Å². The molecule has 21 heavy (non-hydrogen) atoms. The van der Waals surface area contributed by atoms with Crippen LogP contribution in [0.25, 0.3) is 0 Å². The van der Waals surface area contributed by atoms with Crippen LogP contribution in [0, 0.1) is 0 Å². The molecule has 1 fully saturated rings. The second kappa shape index (κ2) is 8.69. The number of nitrogens with one attached hydrogen (secondary N) is 2. The Hall–Kier alpha value is -0.680. The van der Waals surface area contributed by atoms with E-state index in [1.807, 2.05) is 0 Å². The minimum absolute atomic E-state index is 0.339. The average Bonchev–Trinajstić information content (AvgIpc) is 2.93. The van der Waals surface area contributed by atoms with Crippen LogP contribution in [-0.4, -0.2) is 49.3 Å². The Morgan fingerprint density at radius 3 is 3.05 bits per heavy atom. The lowest BCUT2D eigenvalue weighted by molar-refractivity contribution is 0.153. The summed E-state index contributed by atoms with van der Waals surface area (Å²) in [6.45, 7) is 8.86.